The molecule has 7 nitrogen and oxygen atoms in total. The Labute approximate surface area is 181 Å². The van der Waals surface area contributed by atoms with E-state index in [4.69, 9.17) is 28.3 Å². The van der Waals surface area contributed by atoms with Gasteiger partial charge in [0.1, 0.15) is 12.3 Å². The number of nitrogens with one attached hydrogen (secondary N) is 1. The molecule has 1 atom stereocenters. The summed E-state index contributed by atoms with van der Waals surface area (Å²) in [5, 5.41) is 22.2. The number of carboxylic acid groups (broad SMARTS) is 1. The second kappa shape index (κ2) is 8.38. The Morgan fingerprint density at radius 2 is 1.80 bits per heavy atom. The summed E-state index contributed by atoms with van der Waals surface area (Å²) in [5.74, 6) is -2.85. The molecule has 0 fully saturated rings. The van der Waals surface area contributed by atoms with Crippen LogP contribution in [0.5, 0.6) is 5.75 Å². The van der Waals surface area contributed by atoms with Crippen LogP contribution in [0.3, 0.4) is 0 Å². The van der Waals surface area contributed by atoms with E-state index in [1.165, 1.54) is 28.8 Å². The minimum atomic E-state index is -1.16. The summed E-state index contributed by atoms with van der Waals surface area (Å²) in [6.07, 6.45) is 0. The highest BCUT2D eigenvalue weighted by Crippen LogP contribution is 2.35. The number of phenols is 1. The molecule has 1 amide bonds. The topological polar surface area (TPSA) is 109 Å². The number of aromatic hydroxyl groups is 1. The average Bonchev–Trinajstić information content (AvgIpc) is 2.97. The van der Waals surface area contributed by atoms with Gasteiger partial charge in [-0.25, -0.2) is 0 Å². The van der Waals surface area contributed by atoms with E-state index in [-0.39, 0.29) is 16.7 Å². The number of nitrogens with zero attached hydrogens (tertiary/aromatic N) is 1. The monoisotopic (exact) mass is 448 g/mol. The molecule has 0 radical (unpaired) electrons. The summed E-state index contributed by atoms with van der Waals surface area (Å²) in [4.78, 5) is 36.5. The summed E-state index contributed by atoms with van der Waals surface area (Å²) in [6, 6.07) is 9.02. The summed E-state index contributed by atoms with van der Waals surface area (Å²) < 4.78 is 1.44. The van der Waals surface area contributed by atoms with Crippen LogP contribution in [0.2, 0.25) is 10.0 Å². The number of benzene rings is 2. The summed E-state index contributed by atoms with van der Waals surface area (Å²) >= 11 is 12.0. The number of carboxylic acids is 1. The molecule has 1 aromatic heterocycles. The molecule has 0 bridgehead atoms. The van der Waals surface area contributed by atoms with Gasteiger partial charge in [0.05, 0.1) is 21.5 Å². The van der Waals surface area contributed by atoms with E-state index in [9.17, 15) is 19.5 Å². The predicted molar refractivity (Wildman–Crippen MR) is 114 cm³/mol. The Morgan fingerprint density at radius 3 is 2.43 bits per heavy atom. The van der Waals surface area contributed by atoms with Gasteiger partial charge in [-0.1, -0.05) is 23.2 Å². The van der Waals surface area contributed by atoms with Gasteiger partial charge in [-0.15, -0.1) is 0 Å². The second-order valence-corrected chi connectivity index (χ2v) is 7.62. The first-order valence-electron chi connectivity index (χ1n) is 8.95. The predicted octanol–water partition coefficient (Wildman–Crippen LogP) is 3.95. The molecule has 0 saturated carbocycles. The Kier molecular flexibility index (Phi) is 6.05. The van der Waals surface area contributed by atoms with Crippen LogP contribution in [-0.2, 0) is 9.59 Å². The molecular weight excluding hydrogens is 431 g/mol. The van der Waals surface area contributed by atoms with Crippen molar-refractivity contribution in [3.05, 3.63) is 63.3 Å². The molecule has 3 aromatic rings. The van der Waals surface area contributed by atoms with Crippen molar-refractivity contribution >= 4 is 51.9 Å². The number of amides is 1. The van der Waals surface area contributed by atoms with Crippen molar-refractivity contribution in [2.75, 3.05) is 6.54 Å². The minimum absolute atomic E-state index is 0.0268. The van der Waals surface area contributed by atoms with Gasteiger partial charge in [-0.3, -0.25) is 19.0 Å². The Morgan fingerprint density at radius 1 is 1.10 bits per heavy atom. The largest absolute Gasteiger partial charge is 0.508 e. The lowest BCUT2D eigenvalue weighted by molar-refractivity contribution is -0.138. The van der Waals surface area contributed by atoms with Crippen molar-refractivity contribution in [2.24, 2.45) is 0 Å². The van der Waals surface area contributed by atoms with Gasteiger partial charge in [0, 0.05) is 16.6 Å². The van der Waals surface area contributed by atoms with Gasteiger partial charge >= 0.3 is 5.97 Å². The van der Waals surface area contributed by atoms with Crippen LogP contribution in [-0.4, -0.2) is 39.1 Å². The van der Waals surface area contributed by atoms with Gasteiger partial charge in [0.25, 0.3) is 5.91 Å². The van der Waals surface area contributed by atoms with Crippen LogP contribution >= 0.6 is 23.2 Å². The fraction of sp³-hybridized carbons (Fsp3) is 0.190. The highest BCUT2D eigenvalue weighted by Gasteiger charge is 2.27. The van der Waals surface area contributed by atoms with Crippen molar-refractivity contribution in [1.82, 2.24) is 9.88 Å². The normalized spacial score (nSPS) is 12.0. The van der Waals surface area contributed by atoms with E-state index in [2.05, 4.69) is 5.32 Å². The zero-order chi connectivity index (χ0) is 22.2. The van der Waals surface area contributed by atoms with Crippen molar-refractivity contribution in [1.29, 1.82) is 0 Å². The summed E-state index contributed by atoms with van der Waals surface area (Å²) in [5.41, 5.74) is 1.79. The van der Waals surface area contributed by atoms with E-state index in [1.54, 1.807) is 26.0 Å². The first-order valence-corrected chi connectivity index (χ1v) is 9.70. The summed E-state index contributed by atoms with van der Waals surface area (Å²) in [6.45, 7) is 2.77. The lowest BCUT2D eigenvalue weighted by atomic mass is 9.97. The maximum absolute atomic E-state index is 13.3. The number of hydrogen-bond acceptors (Lipinski definition) is 4. The molecule has 0 aliphatic heterocycles. The fourth-order valence-corrected chi connectivity index (χ4v) is 3.74. The fourth-order valence-electron chi connectivity index (χ4n) is 3.44. The third kappa shape index (κ3) is 3.99. The number of aliphatic carboxylic acids is 1. The molecule has 2 aromatic carbocycles. The molecule has 0 aliphatic rings. The quantitative estimate of drug-likeness (QED) is 0.547. The lowest BCUT2D eigenvalue weighted by Crippen LogP contribution is -2.32. The number of aromatic nitrogens is 1. The average molecular weight is 449 g/mol. The minimum Gasteiger partial charge on any atom is -0.508 e. The number of fused-ring (bicyclic) bond motifs is 1. The van der Waals surface area contributed by atoms with Crippen LogP contribution in [0.25, 0.3) is 10.9 Å². The van der Waals surface area contributed by atoms with E-state index in [0.717, 1.165) is 0 Å². The van der Waals surface area contributed by atoms with Crippen molar-refractivity contribution in [3.8, 4) is 5.75 Å². The molecule has 1 heterocycles. The van der Waals surface area contributed by atoms with Gasteiger partial charge in [-0.2, -0.15) is 0 Å². The van der Waals surface area contributed by atoms with Crippen LogP contribution in [0.1, 0.15) is 34.5 Å². The number of hydrogen-bond donors (Lipinski definition) is 3. The molecule has 0 aliphatic carbocycles. The molecule has 9 heteroatoms. The molecule has 0 saturated heterocycles. The molecule has 3 N–H and O–H groups in total. The molecule has 156 valence electrons. The van der Waals surface area contributed by atoms with Gasteiger partial charge in [0.15, 0.2) is 0 Å². The van der Waals surface area contributed by atoms with Gasteiger partial charge < -0.3 is 15.5 Å². The number of halogens is 2. The molecule has 0 spiro atoms. The Hall–Kier alpha value is -3.03. The molecule has 0 unspecified atom stereocenters. The third-order valence-electron chi connectivity index (χ3n) is 4.85. The Bertz CT molecular complexity index is 1190. The van der Waals surface area contributed by atoms with Gasteiger partial charge in [-0.05, 0) is 55.8 Å². The van der Waals surface area contributed by atoms with Crippen molar-refractivity contribution < 1.29 is 24.6 Å². The zero-order valence-electron chi connectivity index (χ0n) is 16.1. The van der Waals surface area contributed by atoms with Crippen molar-refractivity contribution in [2.45, 2.75) is 19.8 Å². The number of carbonyl (C=O) groups is 3. The van der Waals surface area contributed by atoms with E-state index >= 15 is 0 Å². The van der Waals surface area contributed by atoms with Crippen LogP contribution in [0, 0.1) is 6.92 Å². The van der Waals surface area contributed by atoms with Crippen LogP contribution < -0.4 is 5.32 Å². The highest BCUT2D eigenvalue weighted by molar-refractivity contribution is 6.42. The first-order chi connectivity index (χ1) is 14.1. The van der Waals surface area contributed by atoms with E-state index in [1.807, 2.05) is 0 Å². The van der Waals surface area contributed by atoms with Crippen LogP contribution in [0.15, 0.2) is 36.4 Å². The summed E-state index contributed by atoms with van der Waals surface area (Å²) in [7, 11) is 0. The first kappa shape index (κ1) is 21.7. The molecule has 30 heavy (non-hydrogen) atoms. The van der Waals surface area contributed by atoms with E-state index < -0.39 is 24.3 Å². The molecular formula is C21H18Cl2N2O5. The Balaban J connectivity index is 2.15. The molecule has 3 rings (SSSR count). The van der Waals surface area contributed by atoms with E-state index in [0.29, 0.717) is 32.7 Å². The standard InChI is InChI=1S/C21H18Cl2N2O5/c1-10(20(29)24-9-18(27)28)19-11(2)25(17-6-4-13(26)8-14(17)19)21(30)12-3-5-15(22)16(23)7-12/h3-8,10,26H,9H2,1-2H3,(H,24,29)(H,27,28)/t10-/m1/s1. The highest BCUT2D eigenvalue weighted by atomic mass is 35.5. The van der Waals surface area contributed by atoms with Crippen LogP contribution in [0.4, 0.5) is 0 Å². The van der Waals surface area contributed by atoms with Gasteiger partial charge in [0.2, 0.25) is 5.91 Å². The SMILES string of the molecule is Cc1c([C@@H](C)C(=O)NCC(=O)O)c2cc(O)ccc2n1C(=O)c1ccc(Cl)c(Cl)c1. The smallest absolute Gasteiger partial charge is 0.322 e. The maximum Gasteiger partial charge on any atom is 0.322 e. The second-order valence-electron chi connectivity index (χ2n) is 6.80. The number of carbonyl (C=O) groups excluding carboxylic acids is 2. The zero-order valence-corrected chi connectivity index (χ0v) is 17.6. The number of rotatable bonds is 5. The lowest BCUT2D eigenvalue weighted by Gasteiger charge is -2.13. The van der Waals surface area contributed by atoms with Crippen molar-refractivity contribution in [3.63, 3.8) is 0 Å². The number of phenolic OH excluding ortho intramolecular Hbond substituents is 1. The maximum atomic E-state index is 13.3. The third-order valence-corrected chi connectivity index (χ3v) is 5.59.